The van der Waals surface area contributed by atoms with E-state index in [0.29, 0.717) is 6.61 Å². The van der Waals surface area contributed by atoms with Crippen molar-refractivity contribution in [1.29, 1.82) is 0 Å². The smallest absolute Gasteiger partial charge is 0.123 e. The summed E-state index contributed by atoms with van der Waals surface area (Å²) in [6.07, 6.45) is 0.255. The van der Waals surface area contributed by atoms with Gasteiger partial charge in [0.05, 0.1) is 19.8 Å². The number of likely N-dealkylation sites (N-methyl/N-ethyl adjacent to an activating group) is 1. The molecule has 0 amide bonds. The van der Waals surface area contributed by atoms with Crippen molar-refractivity contribution in [2.24, 2.45) is 0 Å². The van der Waals surface area contributed by atoms with Crippen LogP contribution in [0.3, 0.4) is 0 Å². The highest BCUT2D eigenvalue weighted by molar-refractivity contribution is 5.44. The van der Waals surface area contributed by atoms with Gasteiger partial charge in [0.1, 0.15) is 12.4 Å². The maximum atomic E-state index is 8.76. The quantitative estimate of drug-likeness (QED) is 0.779. The standard InChI is InChI=1S/C17H25NO3/c1-14(2)21-11-9-18(3)13-16-12-15(6-5-10-19)7-8-17(16)20-4/h7-8,12,14,19H,9-11,13H2,1-4H3. The molecule has 1 N–H and O–H groups in total. The minimum absolute atomic E-state index is 0.131. The Hall–Kier alpha value is -1.54. The molecule has 0 saturated heterocycles. The molecule has 0 unspecified atom stereocenters. The number of aliphatic hydroxyl groups is 1. The molecular formula is C17H25NO3. The predicted octanol–water partition coefficient (Wildman–Crippen LogP) is 1.90. The van der Waals surface area contributed by atoms with Crippen molar-refractivity contribution in [3.05, 3.63) is 29.3 Å². The first-order chi connectivity index (χ1) is 10.1. The van der Waals surface area contributed by atoms with Crippen LogP contribution in [0.5, 0.6) is 5.75 Å². The lowest BCUT2D eigenvalue weighted by Gasteiger charge is -2.19. The minimum Gasteiger partial charge on any atom is -0.496 e. The molecular weight excluding hydrogens is 266 g/mol. The van der Waals surface area contributed by atoms with Crippen molar-refractivity contribution in [2.75, 3.05) is 33.9 Å². The van der Waals surface area contributed by atoms with Crippen LogP contribution in [0, 0.1) is 11.8 Å². The first-order valence-electron chi connectivity index (χ1n) is 7.13. The summed E-state index contributed by atoms with van der Waals surface area (Å²) < 4.78 is 11.0. The molecule has 1 aromatic rings. The zero-order valence-corrected chi connectivity index (χ0v) is 13.3. The lowest BCUT2D eigenvalue weighted by Crippen LogP contribution is -2.24. The van der Waals surface area contributed by atoms with Gasteiger partial charge < -0.3 is 14.6 Å². The highest BCUT2D eigenvalue weighted by atomic mass is 16.5. The SMILES string of the molecule is COc1ccc(C#CCO)cc1CN(C)CCOC(C)C. The highest BCUT2D eigenvalue weighted by Crippen LogP contribution is 2.21. The maximum absolute atomic E-state index is 8.76. The van der Waals surface area contributed by atoms with E-state index in [-0.39, 0.29) is 12.7 Å². The van der Waals surface area contributed by atoms with E-state index in [1.54, 1.807) is 7.11 Å². The Morgan fingerprint density at radius 3 is 2.71 bits per heavy atom. The van der Waals surface area contributed by atoms with Crippen LogP contribution in [0.2, 0.25) is 0 Å². The van der Waals surface area contributed by atoms with Crippen LogP contribution in [0.15, 0.2) is 18.2 Å². The van der Waals surface area contributed by atoms with Crippen molar-refractivity contribution in [3.8, 4) is 17.6 Å². The number of methoxy groups -OCH3 is 1. The van der Waals surface area contributed by atoms with Gasteiger partial charge in [-0.15, -0.1) is 0 Å². The summed E-state index contributed by atoms with van der Waals surface area (Å²) in [6, 6.07) is 5.81. The van der Waals surface area contributed by atoms with E-state index in [2.05, 4.69) is 23.8 Å². The number of rotatable bonds is 7. The molecule has 0 aliphatic heterocycles. The normalized spacial score (nSPS) is 10.6. The zero-order valence-electron chi connectivity index (χ0n) is 13.3. The molecule has 1 rings (SSSR count). The summed E-state index contributed by atoms with van der Waals surface area (Å²) in [7, 11) is 3.72. The molecule has 0 fully saturated rings. The fourth-order valence-corrected chi connectivity index (χ4v) is 1.94. The van der Waals surface area contributed by atoms with Gasteiger partial charge in [0, 0.05) is 24.2 Å². The van der Waals surface area contributed by atoms with Crippen LogP contribution < -0.4 is 4.74 Å². The van der Waals surface area contributed by atoms with Crippen LogP contribution in [0.25, 0.3) is 0 Å². The number of hydrogen-bond donors (Lipinski definition) is 1. The third-order valence-corrected chi connectivity index (χ3v) is 2.96. The average molecular weight is 291 g/mol. The molecule has 4 heteroatoms. The summed E-state index contributed by atoms with van der Waals surface area (Å²) in [4.78, 5) is 2.18. The van der Waals surface area contributed by atoms with Gasteiger partial charge in [-0.2, -0.15) is 0 Å². The van der Waals surface area contributed by atoms with E-state index < -0.39 is 0 Å². The molecule has 0 heterocycles. The first-order valence-corrected chi connectivity index (χ1v) is 7.13. The van der Waals surface area contributed by atoms with Crippen LogP contribution in [0.1, 0.15) is 25.0 Å². The molecule has 0 aromatic heterocycles. The van der Waals surface area contributed by atoms with Crippen molar-refractivity contribution in [1.82, 2.24) is 4.90 Å². The van der Waals surface area contributed by atoms with Crippen LogP contribution in [-0.2, 0) is 11.3 Å². The molecule has 4 nitrogen and oxygen atoms in total. The van der Waals surface area contributed by atoms with Crippen molar-refractivity contribution >= 4 is 0 Å². The molecule has 0 atom stereocenters. The fourth-order valence-electron chi connectivity index (χ4n) is 1.94. The van der Waals surface area contributed by atoms with Gasteiger partial charge in [-0.1, -0.05) is 11.8 Å². The topological polar surface area (TPSA) is 41.9 Å². The monoisotopic (exact) mass is 291 g/mol. The molecule has 0 saturated carbocycles. The Morgan fingerprint density at radius 2 is 2.10 bits per heavy atom. The Kier molecular flexibility index (Phi) is 7.84. The molecule has 0 aliphatic rings. The summed E-state index contributed by atoms with van der Waals surface area (Å²) in [5.74, 6) is 6.43. The Morgan fingerprint density at radius 1 is 1.33 bits per heavy atom. The van der Waals surface area contributed by atoms with Gasteiger partial charge in [-0.25, -0.2) is 0 Å². The van der Waals surface area contributed by atoms with E-state index in [9.17, 15) is 0 Å². The summed E-state index contributed by atoms with van der Waals surface area (Å²) in [6.45, 7) is 6.26. The number of nitrogens with zero attached hydrogens (tertiary/aromatic N) is 1. The van der Waals surface area contributed by atoms with Gasteiger partial charge in [-0.05, 0) is 39.1 Å². The van der Waals surface area contributed by atoms with Gasteiger partial charge in [-0.3, -0.25) is 4.90 Å². The van der Waals surface area contributed by atoms with E-state index in [0.717, 1.165) is 30.0 Å². The van der Waals surface area contributed by atoms with E-state index in [1.807, 2.05) is 32.0 Å². The number of benzene rings is 1. The van der Waals surface area contributed by atoms with Gasteiger partial charge in [0.15, 0.2) is 0 Å². The molecule has 1 aromatic carbocycles. The van der Waals surface area contributed by atoms with Crippen molar-refractivity contribution in [2.45, 2.75) is 26.5 Å². The molecule has 0 aliphatic carbocycles. The minimum atomic E-state index is -0.131. The average Bonchev–Trinajstić information content (AvgIpc) is 2.45. The summed E-state index contributed by atoms with van der Waals surface area (Å²) in [5.41, 5.74) is 1.96. The van der Waals surface area contributed by atoms with Crippen molar-refractivity contribution < 1.29 is 14.6 Å². The first kappa shape index (κ1) is 17.5. The highest BCUT2D eigenvalue weighted by Gasteiger charge is 2.07. The summed E-state index contributed by atoms with van der Waals surface area (Å²) in [5, 5.41) is 8.76. The second-order valence-corrected chi connectivity index (χ2v) is 5.14. The van der Waals surface area contributed by atoms with Crippen LogP contribution >= 0.6 is 0 Å². The Bertz CT molecular complexity index is 489. The largest absolute Gasteiger partial charge is 0.496 e. The lowest BCUT2D eigenvalue weighted by atomic mass is 10.1. The third kappa shape index (κ3) is 6.63. The molecule has 0 spiro atoms. The Labute approximate surface area is 127 Å². The van der Waals surface area contributed by atoms with E-state index in [1.165, 1.54) is 0 Å². The predicted molar refractivity (Wildman–Crippen MR) is 84.4 cm³/mol. The molecule has 0 radical (unpaired) electrons. The van der Waals surface area contributed by atoms with E-state index >= 15 is 0 Å². The van der Waals surface area contributed by atoms with Gasteiger partial charge in [0.2, 0.25) is 0 Å². The lowest BCUT2D eigenvalue weighted by molar-refractivity contribution is 0.0626. The Balaban J connectivity index is 2.70. The molecule has 21 heavy (non-hydrogen) atoms. The number of hydrogen-bond acceptors (Lipinski definition) is 4. The molecule has 0 bridgehead atoms. The second-order valence-electron chi connectivity index (χ2n) is 5.14. The number of aliphatic hydroxyl groups excluding tert-OH is 1. The second kappa shape index (κ2) is 9.41. The van der Waals surface area contributed by atoms with E-state index in [4.69, 9.17) is 14.6 Å². The molecule has 116 valence electrons. The van der Waals surface area contributed by atoms with Crippen LogP contribution in [0.4, 0.5) is 0 Å². The van der Waals surface area contributed by atoms with Crippen molar-refractivity contribution in [3.63, 3.8) is 0 Å². The fraction of sp³-hybridized carbons (Fsp3) is 0.529. The van der Waals surface area contributed by atoms with Gasteiger partial charge >= 0.3 is 0 Å². The van der Waals surface area contributed by atoms with Crippen LogP contribution in [-0.4, -0.2) is 50.0 Å². The maximum Gasteiger partial charge on any atom is 0.123 e. The zero-order chi connectivity index (χ0) is 15.7. The summed E-state index contributed by atoms with van der Waals surface area (Å²) >= 11 is 0. The third-order valence-electron chi connectivity index (χ3n) is 2.96. The number of ether oxygens (including phenoxy) is 2. The van der Waals surface area contributed by atoms with Gasteiger partial charge in [0.25, 0.3) is 0 Å².